The average Bonchev–Trinajstić information content (AvgIpc) is 2.49. The van der Waals surface area contributed by atoms with Crippen molar-refractivity contribution in [2.75, 3.05) is 45.8 Å². The van der Waals surface area contributed by atoms with Gasteiger partial charge in [0.15, 0.2) is 0 Å². The van der Waals surface area contributed by atoms with Crippen LogP contribution < -0.4 is 5.32 Å². The molecule has 0 aromatic carbocycles. The number of nitrogens with one attached hydrogen (secondary N) is 1. The van der Waals surface area contributed by atoms with E-state index >= 15 is 0 Å². The van der Waals surface area contributed by atoms with E-state index in [1.807, 2.05) is 4.90 Å². The quantitative estimate of drug-likeness (QED) is 0.815. The van der Waals surface area contributed by atoms with Gasteiger partial charge in [-0.25, -0.2) is 0 Å². The fraction of sp³-hybridized carbons (Fsp3) is 0.941. The van der Waals surface area contributed by atoms with Crippen molar-refractivity contribution >= 4 is 5.91 Å². The van der Waals surface area contributed by atoms with Crippen LogP contribution in [0.2, 0.25) is 0 Å². The fourth-order valence-electron chi connectivity index (χ4n) is 4.07. The third kappa shape index (κ3) is 4.68. The third-order valence-electron chi connectivity index (χ3n) is 5.28. The van der Waals surface area contributed by atoms with E-state index in [2.05, 4.69) is 24.1 Å². The number of likely N-dealkylation sites (tertiary alicyclic amines) is 1. The van der Waals surface area contributed by atoms with Crippen LogP contribution in [-0.2, 0) is 4.79 Å². The molecular formula is C17H33N3O. The molecule has 0 radical (unpaired) electrons. The molecule has 0 bridgehead atoms. The van der Waals surface area contributed by atoms with Crippen molar-refractivity contribution in [3.63, 3.8) is 0 Å². The van der Waals surface area contributed by atoms with Crippen molar-refractivity contribution in [2.45, 2.75) is 52.4 Å². The number of hydrogen-bond donors (Lipinski definition) is 1. The van der Waals surface area contributed by atoms with Crippen LogP contribution in [0.15, 0.2) is 0 Å². The zero-order chi connectivity index (χ0) is 15.1. The standard InChI is InChI=1S/C17H33N3O/c1-3-20(4-2)16(21)8-5-12-19-13-7-10-17(15-19)9-6-11-18-14-17/h18H,3-15H2,1-2H3. The summed E-state index contributed by atoms with van der Waals surface area (Å²) < 4.78 is 0. The Morgan fingerprint density at radius 3 is 2.67 bits per heavy atom. The van der Waals surface area contributed by atoms with Crippen LogP contribution in [0.1, 0.15) is 52.4 Å². The molecule has 2 fully saturated rings. The first kappa shape index (κ1) is 16.8. The molecule has 21 heavy (non-hydrogen) atoms. The highest BCUT2D eigenvalue weighted by Gasteiger charge is 2.36. The van der Waals surface area contributed by atoms with Crippen molar-refractivity contribution in [2.24, 2.45) is 5.41 Å². The minimum absolute atomic E-state index is 0.325. The van der Waals surface area contributed by atoms with Gasteiger partial charge < -0.3 is 15.1 Å². The Bertz CT molecular complexity index is 316. The summed E-state index contributed by atoms with van der Waals surface area (Å²) in [4.78, 5) is 16.6. The van der Waals surface area contributed by atoms with E-state index < -0.39 is 0 Å². The molecule has 0 aliphatic carbocycles. The number of carbonyl (C=O) groups is 1. The average molecular weight is 295 g/mol. The van der Waals surface area contributed by atoms with Crippen molar-refractivity contribution in [1.29, 1.82) is 0 Å². The lowest BCUT2D eigenvalue weighted by atomic mass is 9.74. The molecule has 2 rings (SSSR count). The Labute approximate surface area is 130 Å². The molecule has 122 valence electrons. The summed E-state index contributed by atoms with van der Waals surface area (Å²) in [6, 6.07) is 0. The predicted molar refractivity (Wildman–Crippen MR) is 87.4 cm³/mol. The largest absolute Gasteiger partial charge is 0.343 e. The van der Waals surface area contributed by atoms with Gasteiger partial charge in [-0.05, 0) is 71.0 Å². The third-order valence-corrected chi connectivity index (χ3v) is 5.28. The van der Waals surface area contributed by atoms with Crippen molar-refractivity contribution in [3.8, 4) is 0 Å². The van der Waals surface area contributed by atoms with E-state index in [4.69, 9.17) is 0 Å². The number of hydrogen-bond acceptors (Lipinski definition) is 3. The molecule has 4 nitrogen and oxygen atoms in total. The lowest BCUT2D eigenvalue weighted by Crippen LogP contribution is -2.51. The van der Waals surface area contributed by atoms with E-state index in [0.717, 1.165) is 26.1 Å². The normalized spacial score (nSPS) is 27.0. The minimum Gasteiger partial charge on any atom is -0.343 e. The maximum atomic E-state index is 12.0. The molecular weight excluding hydrogens is 262 g/mol. The summed E-state index contributed by atoms with van der Waals surface area (Å²) in [5, 5.41) is 3.58. The van der Waals surface area contributed by atoms with Gasteiger partial charge in [0.1, 0.15) is 0 Å². The van der Waals surface area contributed by atoms with Crippen LogP contribution in [-0.4, -0.2) is 61.5 Å². The molecule has 1 N–H and O–H groups in total. The fourth-order valence-corrected chi connectivity index (χ4v) is 4.07. The molecule has 1 unspecified atom stereocenters. The molecule has 2 saturated heterocycles. The molecule has 2 heterocycles. The van der Waals surface area contributed by atoms with Gasteiger partial charge in [-0.1, -0.05) is 0 Å². The van der Waals surface area contributed by atoms with E-state index in [9.17, 15) is 4.79 Å². The first-order valence-corrected chi connectivity index (χ1v) is 8.90. The monoisotopic (exact) mass is 295 g/mol. The maximum Gasteiger partial charge on any atom is 0.222 e. The molecule has 0 saturated carbocycles. The molecule has 0 aromatic heterocycles. The van der Waals surface area contributed by atoms with Crippen LogP contribution in [0.3, 0.4) is 0 Å². The summed E-state index contributed by atoms with van der Waals surface area (Å²) in [5.41, 5.74) is 0.527. The Hall–Kier alpha value is -0.610. The second kappa shape index (κ2) is 8.14. The van der Waals surface area contributed by atoms with Crippen LogP contribution in [0.5, 0.6) is 0 Å². The second-order valence-corrected chi connectivity index (χ2v) is 6.83. The summed E-state index contributed by atoms with van der Waals surface area (Å²) >= 11 is 0. The Morgan fingerprint density at radius 1 is 1.24 bits per heavy atom. The van der Waals surface area contributed by atoms with E-state index in [0.29, 0.717) is 17.7 Å². The molecule has 0 aromatic rings. The van der Waals surface area contributed by atoms with Gasteiger partial charge in [0.05, 0.1) is 0 Å². The van der Waals surface area contributed by atoms with E-state index in [1.54, 1.807) is 0 Å². The second-order valence-electron chi connectivity index (χ2n) is 6.83. The van der Waals surface area contributed by atoms with Gasteiger partial charge in [0, 0.05) is 32.6 Å². The SMILES string of the molecule is CCN(CC)C(=O)CCCN1CCCC2(CCCNC2)C1. The molecule has 1 spiro atoms. The Kier molecular flexibility index (Phi) is 6.49. The number of rotatable bonds is 6. The number of carbonyl (C=O) groups excluding carboxylic acids is 1. The summed E-state index contributed by atoms with van der Waals surface area (Å²) in [5.74, 6) is 0.325. The number of nitrogens with zero attached hydrogens (tertiary/aromatic N) is 2. The molecule has 1 atom stereocenters. The van der Waals surface area contributed by atoms with Crippen LogP contribution >= 0.6 is 0 Å². The first-order chi connectivity index (χ1) is 10.2. The molecule has 4 heteroatoms. The zero-order valence-electron chi connectivity index (χ0n) is 14.0. The van der Waals surface area contributed by atoms with Crippen molar-refractivity contribution < 1.29 is 4.79 Å². The summed E-state index contributed by atoms with van der Waals surface area (Å²) in [6.07, 6.45) is 7.14. The van der Waals surface area contributed by atoms with Gasteiger partial charge in [-0.3, -0.25) is 4.79 Å². The van der Waals surface area contributed by atoms with Crippen molar-refractivity contribution in [1.82, 2.24) is 15.1 Å². The highest BCUT2D eigenvalue weighted by molar-refractivity contribution is 5.76. The highest BCUT2D eigenvalue weighted by atomic mass is 16.2. The maximum absolute atomic E-state index is 12.0. The highest BCUT2D eigenvalue weighted by Crippen LogP contribution is 2.35. The van der Waals surface area contributed by atoms with Gasteiger partial charge in [0.25, 0.3) is 0 Å². The van der Waals surface area contributed by atoms with Crippen LogP contribution in [0.25, 0.3) is 0 Å². The summed E-state index contributed by atoms with van der Waals surface area (Å²) in [6.45, 7) is 11.7. The predicted octanol–water partition coefficient (Wildman–Crippen LogP) is 2.10. The van der Waals surface area contributed by atoms with E-state index in [-0.39, 0.29) is 0 Å². The lowest BCUT2D eigenvalue weighted by Gasteiger charge is -2.45. The Morgan fingerprint density at radius 2 is 2.00 bits per heavy atom. The molecule has 1 amide bonds. The van der Waals surface area contributed by atoms with Crippen molar-refractivity contribution in [3.05, 3.63) is 0 Å². The van der Waals surface area contributed by atoms with E-state index in [1.165, 1.54) is 51.9 Å². The van der Waals surface area contributed by atoms with Gasteiger partial charge in [0.2, 0.25) is 5.91 Å². The first-order valence-electron chi connectivity index (χ1n) is 8.90. The smallest absolute Gasteiger partial charge is 0.222 e. The number of amides is 1. The van der Waals surface area contributed by atoms with Crippen LogP contribution in [0, 0.1) is 5.41 Å². The molecule has 2 aliphatic heterocycles. The van der Waals surface area contributed by atoms with Gasteiger partial charge in [-0.15, -0.1) is 0 Å². The zero-order valence-corrected chi connectivity index (χ0v) is 14.0. The molecule has 2 aliphatic rings. The Balaban J connectivity index is 1.72. The number of piperidine rings is 2. The minimum atomic E-state index is 0.325. The topological polar surface area (TPSA) is 35.6 Å². The van der Waals surface area contributed by atoms with Crippen LogP contribution in [0.4, 0.5) is 0 Å². The van der Waals surface area contributed by atoms with Gasteiger partial charge in [-0.2, -0.15) is 0 Å². The van der Waals surface area contributed by atoms with Gasteiger partial charge >= 0.3 is 0 Å². The summed E-state index contributed by atoms with van der Waals surface area (Å²) in [7, 11) is 0. The lowest BCUT2D eigenvalue weighted by molar-refractivity contribution is -0.131.